The molecule has 1 unspecified atom stereocenters. The lowest BCUT2D eigenvalue weighted by molar-refractivity contribution is -0.133. The van der Waals surface area contributed by atoms with Crippen molar-refractivity contribution in [2.24, 2.45) is 13.0 Å². The monoisotopic (exact) mass is 243 g/mol. The first-order valence-corrected chi connectivity index (χ1v) is 6.26. The summed E-state index contributed by atoms with van der Waals surface area (Å²) in [6, 6.07) is 0. The Kier molecular flexibility index (Phi) is 4.79. The summed E-state index contributed by atoms with van der Waals surface area (Å²) in [4.78, 5) is 14.8. The Morgan fingerprint density at radius 1 is 1.62 bits per heavy atom. The third-order valence-electron chi connectivity index (χ3n) is 2.32. The fourth-order valence-electron chi connectivity index (χ4n) is 1.22. The van der Waals surface area contributed by atoms with E-state index in [0.29, 0.717) is 11.1 Å². The van der Waals surface area contributed by atoms with Crippen LogP contribution in [0.1, 0.15) is 26.1 Å². The van der Waals surface area contributed by atoms with E-state index in [1.807, 2.05) is 0 Å². The number of aliphatic carboxylic acids is 1. The first-order valence-electron chi connectivity index (χ1n) is 5.27. The normalized spacial score (nSPS) is 12.7. The number of aromatic nitrogens is 3. The lowest BCUT2D eigenvalue weighted by Gasteiger charge is -2.02. The molecule has 0 saturated heterocycles. The Labute approximate surface area is 99.3 Å². The van der Waals surface area contributed by atoms with Gasteiger partial charge in [0.15, 0.2) is 11.0 Å². The van der Waals surface area contributed by atoms with Crippen molar-refractivity contribution in [1.29, 1.82) is 0 Å². The van der Waals surface area contributed by atoms with Gasteiger partial charge in [0.05, 0.1) is 5.75 Å². The quantitative estimate of drug-likeness (QED) is 0.768. The van der Waals surface area contributed by atoms with Crippen LogP contribution in [-0.2, 0) is 18.3 Å². The van der Waals surface area contributed by atoms with Crippen molar-refractivity contribution in [3.8, 4) is 0 Å². The highest BCUT2D eigenvalue weighted by Crippen LogP contribution is 2.16. The predicted octanol–water partition coefficient (Wildman–Crippen LogP) is 1.58. The zero-order chi connectivity index (χ0) is 12.1. The van der Waals surface area contributed by atoms with Crippen molar-refractivity contribution in [1.82, 2.24) is 14.8 Å². The summed E-state index contributed by atoms with van der Waals surface area (Å²) in [6.07, 6.45) is 1.94. The standard InChI is InChI=1S/C10H17N3O2S/c1-4-7(2)5-8-11-10(13(3)12-8)16-6-9(14)15/h7H,4-6H2,1-3H3,(H,14,15). The third-order valence-corrected chi connectivity index (χ3v) is 3.32. The van der Waals surface area contributed by atoms with Crippen LogP contribution in [0.3, 0.4) is 0 Å². The van der Waals surface area contributed by atoms with E-state index in [2.05, 4.69) is 23.9 Å². The molecule has 0 spiro atoms. The van der Waals surface area contributed by atoms with Crippen molar-refractivity contribution < 1.29 is 9.90 Å². The summed E-state index contributed by atoms with van der Waals surface area (Å²) in [5.41, 5.74) is 0. The van der Waals surface area contributed by atoms with Gasteiger partial charge in [-0.2, -0.15) is 5.10 Å². The number of carboxylic acids is 1. The van der Waals surface area contributed by atoms with Crippen LogP contribution < -0.4 is 0 Å². The fraction of sp³-hybridized carbons (Fsp3) is 0.700. The first-order chi connectivity index (χ1) is 7.52. The third kappa shape index (κ3) is 3.84. The van der Waals surface area contributed by atoms with Crippen LogP contribution in [-0.4, -0.2) is 31.6 Å². The number of nitrogens with zero attached hydrogens (tertiary/aromatic N) is 3. The lowest BCUT2D eigenvalue weighted by Crippen LogP contribution is -2.01. The summed E-state index contributed by atoms with van der Waals surface area (Å²) in [6.45, 7) is 4.29. The van der Waals surface area contributed by atoms with Gasteiger partial charge in [0.25, 0.3) is 0 Å². The molecule has 0 fully saturated rings. The van der Waals surface area contributed by atoms with Crippen molar-refractivity contribution in [2.45, 2.75) is 31.8 Å². The van der Waals surface area contributed by atoms with Gasteiger partial charge in [-0.1, -0.05) is 32.0 Å². The molecule has 6 heteroatoms. The van der Waals surface area contributed by atoms with Gasteiger partial charge in [-0.05, 0) is 5.92 Å². The Balaban J connectivity index is 2.62. The van der Waals surface area contributed by atoms with Gasteiger partial charge in [0.2, 0.25) is 0 Å². The molecule has 1 aromatic rings. The van der Waals surface area contributed by atoms with Crippen LogP contribution in [0.15, 0.2) is 5.16 Å². The van der Waals surface area contributed by atoms with Crippen molar-refractivity contribution in [2.75, 3.05) is 5.75 Å². The van der Waals surface area contributed by atoms with Crippen LogP contribution in [0.2, 0.25) is 0 Å². The molecule has 0 aromatic carbocycles. The van der Waals surface area contributed by atoms with Gasteiger partial charge >= 0.3 is 5.97 Å². The molecule has 16 heavy (non-hydrogen) atoms. The second-order valence-corrected chi connectivity index (χ2v) is 4.78. The molecule has 0 bridgehead atoms. The summed E-state index contributed by atoms with van der Waals surface area (Å²) in [7, 11) is 1.79. The highest BCUT2D eigenvalue weighted by atomic mass is 32.2. The number of hydrogen-bond acceptors (Lipinski definition) is 4. The molecule has 0 aliphatic carbocycles. The minimum absolute atomic E-state index is 0.0231. The summed E-state index contributed by atoms with van der Waals surface area (Å²) >= 11 is 1.20. The van der Waals surface area contributed by atoms with Crippen molar-refractivity contribution in [3.05, 3.63) is 5.82 Å². The minimum atomic E-state index is -0.837. The van der Waals surface area contributed by atoms with Gasteiger partial charge in [-0.25, -0.2) is 9.67 Å². The maximum atomic E-state index is 10.4. The summed E-state index contributed by atoms with van der Waals surface area (Å²) in [5, 5.41) is 13.5. The van der Waals surface area contributed by atoms with Crippen LogP contribution >= 0.6 is 11.8 Å². The van der Waals surface area contributed by atoms with Crippen LogP contribution in [0.4, 0.5) is 0 Å². The Morgan fingerprint density at radius 2 is 2.31 bits per heavy atom. The van der Waals surface area contributed by atoms with E-state index in [0.717, 1.165) is 18.7 Å². The predicted molar refractivity (Wildman–Crippen MR) is 62.5 cm³/mol. The summed E-state index contributed by atoms with van der Waals surface area (Å²) < 4.78 is 1.64. The summed E-state index contributed by atoms with van der Waals surface area (Å²) in [5.74, 6) is 0.538. The van der Waals surface area contributed by atoms with Crippen molar-refractivity contribution >= 4 is 17.7 Å². The molecule has 0 amide bonds. The van der Waals surface area contributed by atoms with Gasteiger partial charge in [-0.3, -0.25) is 4.79 Å². The molecule has 1 rings (SSSR count). The van der Waals surface area contributed by atoms with E-state index in [4.69, 9.17) is 5.11 Å². The molecule has 0 saturated carbocycles. The molecule has 1 atom stereocenters. The van der Waals surface area contributed by atoms with E-state index in [1.165, 1.54) is 11.8 Å². The highest BCUT2D eigenvalue weighted by molar-refractivity contribution is 7.99. The second-order valence-electron chi connectivity index (χ2n) is 3.83. The largest absolute Gasteiger partial charge is 0.481 e. The van der Waals surface area contributed by atoms with E-state index in [1.54, 1.807) is 11.7 Å². The van der Waals surface area contributed by atoms with E-state index < -0.39 is 5.97 Å². The molecule has 0 aliphatic heterocycles. The van der Waals surface area contributed by atoms with E-state index >= 15 is 0 Å². The average molecular weight is 243 g/mol. The number of aryl methyl sites for hydroxylation is 1. The molecular formula is C10H17N3O2S. The Hall–Kier alpha value is -1.04. The molecule has 90 valence electrons. The Bertz CT molecular complexity index is 365. The zero-order valence-electron chi connectivity index (χ0n) is 9.80. The lowest BCUT2D eigenvalue weighted by atomic mass is 10.1. The fourth-order valence-corrected chi connectivity index (χ4v) is 1.87. The number of thioether (sulfide) groups is 1. The molecule has 0 aliphatic rings. The molecular weight excluding hydrogens is 226 g/mol. The smallest absolute Gasteiger partial charge is 0.313 e. The van der Waals surface area contributed by atoms with Crippen LogP contribution in [0.5, 0.6) is 0 Å². The minimum Gasteiger partial charge on any atom is -0.481 e. The molecule has 5 nitrogen and oxygen atoms in total. The van der Waals surface area contributed by atoms with E-state index in [-0.39, 0.29) is 5.75 Å². The Morgan fingerprint density at radius 3 is 2.88 bits per heavy atom. The average Bonchev–Trinajstić information content (AvgIpc) is 2.55. The van der Waals surface area contributed by atoms with Crippen molar-refractivity contribution in [3.63, 3.8) is 0 Å². The molecule has 1 aromatic heterocycles. The van der Waals surface area contributed by atoms with Crippen LogP contribution in [0, 0.1) is 5.92 Å². The first kappa shape index (κ1) is 13.0. The number of rotatable bonds is 6. The molecule has 1 heterocycles. The number of carboxylic acid groups (broad SMARTS) is 1. The molecule has 1 N–H and O–H groups in total. The zero-order valence-corrected chi connectivity index (χ0v) is 10.6. The second kappa shape index (κ2) is 5.89. The van der Waals surface area contributed by atoms with Gasteiger partial charge in [0.1, 0.15) is 0 Å². The SMILES string of the molecule is CCC(C)Cc1nc(SCC(=O)O)n(C)n1. The maximum absolute atomic E-state index is 10.4. The van der Waals surface area contributed by atoms with E-state index in [9.17, 15) is 4.79 Å². The maximum Gasteiger partial charge on any atom is 0.313 e. The number of hydrogen-bond donors (Lipinski definition) is 1. The van der Waals surface area contributed by atoms with Gasteiger partial charge in [-0.15, -0.1) is 0 Å². The number of carbonyl (C=O) groups is 1. The highest BCUT2D eigenvalue weighted by Gasteiger charge is 2.11. The molecule has 0 radical (unpaired) electrons. The van der Waals surface area contributed by atoms with Crippen LogP contribution in [0.25, 0.3) is 0 Å². The van der Waals surface area contributed by atoms with Gasteiger partial charge < -0.3 is 5.11 Å². The van der Waals surface area contributed by atoms with Gasteiger partial charge in [0, 0.05) is 13.5 Å². The topological polar surface area (TPSA) is 68.0 Å².